The molecule has 1 aromatic rings. The highest BCUT2D eigenvalue weighted by Gasteiger charge is 1.85. The molecule has 0 spiro atoms. The van der Waals surface area contributed by atoms with E-state index >= 15 is 0 Å². The van der Waals surface area contributed by atoms with E-state index in [4.69, 9.17) is 6.42 Å². The Morgan fingerprint density at radius 3 is 3.00 bits per heavy atom. The highest BCUT2D eigenvalue weighted by atomic mass is 14.6. The molecule has 1 aromatic heterocycles. The van der Waals surface area contributed by atoms with Crippen LogP contribution in [0.15, 0.2) is 12.1 Å². The van der Waals surface area contributed by atoms with Crippen LogP contribution in [0.25, 0.3) is 0 Å². The summed E-state index contributed by atoms with van der Waals surface area (Å²) in [6, 6.07) is 3.53. The van der Waals surface area contributed by atoms with Crippen molar-refractivity contribution in [2.45, 2.75) is 6.92 Å². The maximum Gasteiger partial charge on any atom is 0.0902 e. The first-order valence-electron chi connectivity index (χ1n) is 2.64. The summed E-state index contributed by atoms with van der Waals surface area (Å²) in [6.45, 7) is 1.89. The van der Waals surface area contributed by atoms with Crippen LogP contribution in [0.5, 0.6) is 0 Å². The molecule has 0 saturated heterocycles. The van der Waals surface area contributed by atoms with Crippen LogP contribution in [0.3, 0.4) is 0 Å². The highest BCUT2D eigenvalue weighted by Crippen LogP contribution is 1.96. The van der Waals surface area contributed by atoms with Crippen LogP contribution in [0.1, 0.15) is 11.3 Å². The summed E-state index contributed by atoms with van der Waals surface area (Å²) < 4.78 is 0. The van der Waals surface area contributed by atoms with Crippen molar-refractivity contribution >= 4 is 0 Å². The van der Waals surface area contributed by atoms with Gasteiger partial charge in [-0.25, -0.2) is 0 Å². The lowest BCUT2D eigenvalue weighted by Gasteiger charge is -1.88. The molecule has 43 valence electrons. The maximum absolute atomic E-state index is 5.12. The van der Waals surface area contributed by atoms with Gasteiger partial charge in [-0.05, 0) is 19.1 Å². The van der Waals surface area contributed by atoms with Crippen LogP contribution in [-0.2, 0) is 0 Å². The topological polar surface area (TPSA) is 12.9 Å². The lowest BCUT2D eigenvalue weighted by atomic mass is 10.2. The number of aromatic nitrogens is 1. The maximum atomic E-state index is 5.12. The van der Waals surface area contributed by atoms with E-state index in [0.29, 0.717) is 0 Å². The SMILES string of the molecule is C#Cc1c[c]nc(C)c1. The molecule has 1 nitrogen and oxygen atoms in total. The first kappa shape index (κ1) is 5.84. The third kappa shape index (κ3) is 1.30. The van der Waals surface area contributed by atoms with Crippen molar-refractivity contribution in [2.75, 3.05) is 0 Å². The number of aryl methyl sites for hydroxylation is 1. The Labute approximate surface area is 54.7 Å². The molecule has 0 fully saturated rings. The first-order valence-corrected chi connectivity index (χ1v) is 2.64. The molecule has 0 unspecified atom stereocenters. The van der Waals surface area contributed by atoms with Gasteiger partial charge in [0.1, 0.15) is 0 Å². The van der Waals surface area contributed by atoms with E-state index in [1.807, 2.05) is 13.0 Å². The fourth-order valence-corrected chi connectivity index (χ4v) is 0.586. The molecule has 0 aliphatic heterocycles. The number of rotatable bonds is 0. The number of nitrogens with zero attached hydrogens (tertiary/aromatic N) is 1. The minimum atomic E-state index is 0.836. The molecule has 1 heteroatoms. The summed E-state index contributed by atoms with van der Waals surface area (Å²) in [4.78, 5) is 3.87. The average molecular weight is 116 g/mol. The molecule has 1 heterocycles. The second-order valence-electron chi connectivity index (χ2n) is 1.77. The van der Waals surface area contributed by atoms with Crippen LogP contribution in [0.2, 0.25) is 0 Å². The van der Waals surface area contributed by atoms with Gasteiger partial charge in [0.25, 0.3) is 0 Å². The van der Waals surface area contributed by atoms with E-state index in [1.54, 1.807) is 6.07 Å². The van der Waals surface area contributed by atoms with Crippen LogP contribution in [0, 0.1) is 25.5 Å². The summed E-state index contributed by atoms with van der Waals surface area (Å²) in [5.74, 6) is 2.50. The van der Waals surface area contributed by atoms with Gasteiger partial charge in [0, 0.05) is 11.3 Å². The molecule has 0 aliphatic carbocycles. The zero-order chi connectivity index (χ0) is 6.69. The van der Waals surface area contributed by atoms with Gasteiger partial charge in [-0.1, -0.05) is 5.92 Å². The largest absolute Gasteiger partial charge is 0.251 e. The minimum absolute atomic E-state index is 0.836. The fraction of sp³-hybridized carbons (Fsp3) is 0.125. The summed E-state index contributed by atoms with van der Waals surface area (Å²) >= 11 is 0. The first-order chi connectivity index (χ1) is 4.33. The molecule has 0 saturated carbocycles. The van der Waals surface area contributed by atoms with Gasteiger partial charge >= 0.3 is 0 Å². The van der Waals surface area contributed by atoms with Gasteiger partial charge in [0.05, 0.1) is 6.20 Å². The van der Waals surface area contributed by atoms with Crippen molar-refractivity contribution in [3.8, 4) is 12.3 Å². The Morgan fingerprint density at radius 1 is 1.78 bits per heavy atom. The zero-order valence-corrected chi connectivity index (χ0v) is 5.18. The molecule has 0 aromatic carbocycles. The smallest absolute Gasteiger partial charge is 0.0902 e. The molecular weight excluding hydrogens is 110 g/mol. The molecular formula is C8H6N. The monoisotopic (exact) mass is 116 g/mol. The molecule has 9 heavy (non-hydrogen) atoms. The molecule has 1 radical (unpaired) electrons. The van der Waals surface area contributed by atoms with E-state index in [1.165, 1.54) is 0 Å². The Balaban J connectivity index is 3.12. The van der Waals surface area contributed by atoms with Crippen molar-refractivity contribution in [3.63, 3.8) is 0 Å². The van der Waals surface area contributed by atoms with Gasteiger partial charge in [-0.15, -0.1) is 6.42 Å². The fourth-order valence-electron chi connectivity index (χ4n) is 0.586. The third-order valence-electron chi connectivity index (χ3n) is 0.992. The Hall–Kier alpha value is -1.29. The van der Waals surface area contributed by atoms with Crippen molar-refractivity contribution < 1.29 is 0 Å². The predicted octanol–water partition coefficient (Wildman–Crippen LogP) is 1.17. The van der Waals surface area contributed by atoms with Gasteiger partial charge in [-0.3, -0.25) is 4.98 Å². The van der Waals surface area contributed by atoms with E-state index in [0.717, 1.165) is 11.3 Å². The normalized spacial score (nSPS) is 8.44. The van der Waals surface area contributed by atoms with Crippen molar-refractivity contribution in [3.05, 3.63) is 29.6 Å². The summed E-state index contributed by atoms with van der Waals surface area (Å²) in [5.41, 5.74) is 1.74. The Bertz CT molecular complexity index is 245. The lowest BCUT2D eigenvalue weighted by Crippen LogP contribution is -1.80. The van der Waals surface area contributed by atoms with E-state index < -0.39 is 0 Å². The number of hydrogen-bond donors (Lipinski definition) is 0. The quantitative estimate of drug-likeness (QED) is 0.464. The van der Waals surface area contributed by atoms with Crippen LogP contribution in [-0.4, -0.2) is 4.98 Å². The number of terminal acetylenes is 1. The third-order valence-corrected chi connectivity index (χ3v) is 0.992. The van der Waals surface area contributed by atoms with Crippen molar-refractivity contribution in [1.29, 1.82) is 0 Å². The molecule has 0 aliphatic rings. The van der Waals surface area contributed by atoms with Crippen LogP contribution in [0.4, 0.5) is 0 Å². The lowest BCUT2D eigenvalue weighted by molar-refractivity contribution is 1.18. The second kappa shape index (κ2) is 2.32. The standard InChI is InChI=1S/C8H6N/c1-3-8-4-5-9-7(2)6-8/h1,4,6H,2H3. The van der Waals surface area contributed by atoms with Gasteiger partial charge < -0.3 is 0 Å². The molecule has 0 amide bonds. The average Bonchev–Trinajstić information content (AvgIpc) is 1.88. The zero-order valence-electron chi connectivity index (χ0n) is 5.18. The summed E-state index contributed by atoms with van der Waals surface area (Å²) in [5, 5.41) is 0. The summed E-state index contributed by atoms with van der Waals surface area (Å²) in [6.07, 6.45) is 7.81. The highest BCUT2D eigenvalue weighted by molar-refractivity contribution is 5.30. The Morgan fingerprint density at radius 2 is 2.56 bits per heavy atom. The molecule has 0 bridgehead atoms. The van der Waals surface area contributed by atoms with E-state index in [9.17, 15) is 0 Å². The van der Waals surface area contributed by atoms with Crippen LogP contribution >= 0.6 is 0 Å². The Kier molecular flexibility index (Phi) is 1.51. The van der Waals surface area contributed by atoms with Crippen molar-refractivity contribution in [2.24, 2.45) is 0 Å². The van der Waals surface area contributed by atoms with E-state index in [2.05, 4.69) is 17.1 Å². The van der Waals surface area contributed by atoms with Gasteiger partial charge in [0.2, 0.25) is 0 Å². The van der Waals surface area contributed by atoms with Gasteiger partial charge in [0.15, 0.2) is 0 Å². The summed E-state index contributed by atoms with van der Waals surface area (Å²) in [7, 11) is 0. The number of pyridine rings is 1. The molecule has 0 N–H and O–H groups in total. The van der Waals surface area contributed by atoms with Crippen molar-refractivity contribution in [1.82, 2.24) is 4.98 Å². The van der Waals surface area contributed by atoms with E-state index in [-0.39, 0.29) is 0 Å². The second-order valence-corrected chi connectivity index (χ2v) is 1.77. The molecule has 1 rings (SSSR count). The minimum Gasteiger partial charge on any atom is -0.251 e. The van der Waals surface area contributed by atoms with Crippen LogP contribution < -0.4 is 0 Å². The predicted molar refractivity (Wildman–Crippen MR) is 35.7 cm³/mol. The molecule has 0 atom stereocenters. The van der Waals surface area contributed by atoms with Gasteiger partial charge in [-0.2, -0.15) is 0 Å². The number of hydrogen-bond acceptors (Lipinski definition) is 1.